The highest BCUT2D eigenvalue weighted by molar-refractivity contribution is 5.77. The molecule has 0 amide bonds. The van der Waals surface area contributed by atoms with Gasteiger partial charge in [0.25, 0.3) is 0 Å². The summed E-state index contributed by atoms with van der Waals surface area (Å²) in [6.07, 6.45) is 10.2. The first-order valence-electron chi connectivity index (χ1n) is 6.12. The molecule has 1 saturated carbocycles. The average molecular weight is 222 g/mol. The summed E-state index contributed by atoms with van der Waals surface area (Å²) in [5, 5.41) is 0. The number of fused-ring (bicyclic) bond motifs is 2. The smallest absolute Gasteiger partial charge is 0.107 e. The first-order valence-corrected chi connectivity index (χ1v) is 6.12. The molecule has 1 aromatic carbocycles. The zero-order valence-corrected chi connectivity index (χ0v) is 9.80. The Labute approximate surface area is 100 Å². The summed E-state index contributed by atoms with van der Waals surface area (Å²) in [7, 11) is 0. The van der Waals surface area contributed by atoms with Crippen molar-refractivity contribution >= 4 is 11.0 Å². The van der Waals surface area contributed by atoms with Gasteiger partial charge in [-0.05, 0) is 25.5 Å². The molecule has 0 radical (unpaired) electrons. The van der Waals surface area contributed by atoms with E-state index >= 15 is 0 Å². The predicted octanol–water partition coefficient (Wildman–Crippen LogP) is 3.19. The maximum atomic E-state index is 4.67. The van der Waals surface area contributed by atoms with Crippen LogP contribution in [0.1, 0.15) is 12.2 Å². The first kappa shape index (κ1) is 9.23. The van der Waals surface area contributed by atoms with E-state index in [4.69, 9.17) is 0 Å². The Morgan fingerprint density at radius 2 is 2.18 bits per heavy atom. The number of aryl methyl sites for hydroxylation is 1. The fourth-order valence-corrected chi connectivity index (χ4v) is 3.14. The minimum atomic E-state index is 0.176. The summed E-state index contributed by atoms with van der Waals surface area (Å²) in [5.41, 5.74) is 2.54. The second-order valence-corrected chi connectivity index (χ2v) is 5.03. The van der Waals surface area contributed by atoms with E-state index in [9.17, 15) is 0 Å². The number of rotatable bonds is 1. The molecule has 0 saturated heterocycles. The van der Waals surface area contributed by atoms with E-state index in [1.807, 2.05) is 0 Å². The monoisotopic (exact) mass is 222 g/mol. The van der Waals surface area contributed by atoms with Crippen molar-refractivity contribution in [2.45, 2.75) is 18.9 Å². The van der Waals surface area contributed by atoms with Crippen molar-refractivity contribution in [1.29, 1.82) is 0 Å². The van der Waals surface area contributed by atoms with Crippen LogP contribution in [0.5, 0.6) is 0 Å². The number of para-hydroxylation sites is 2. The minimum absolute atomic E-state index is 0.176. The van der Waals surface area contributed by atoms with Crippen LogP contribution in [-0.4, -0.2) is 9.55 Å². The molecule has 0 N–H and O–H groups in total. The Balaban J connectivity index is 2.01. The first-order chi connectivity index (χ1) is 8.31. The second-order valence-electron chi connectivity index (χ2n) is 5.03. The Kier molecular flexibility index (Phi) is 1.57. The maximum absolute atomic E-state index is 4.67. The SMILES string of the molecule is Cc1nc2ccccc2n1C12C=CC=CC1C2. The molecular formula is C15H14N2. The Hall–Kier alpha value is -1.83. The van der Waals surface area contributed by atoms with Crippen LogP contribution in [-0.2, 0) is 5.54 Å². The maximum Gasteiger partial charge on any atom is 0.107 e. The van der Waals surface area contributed by atoms with E-state index in [1.165, 1.54) is 11.9 Å². The van der Waals surface area contributed by atoms with Crippen LogP contribution in [0.2, 0.25) is 0 Å². The van der Waals surface area contributed by atoms with Crippen LogP contribution in [0.15, 0.2) is 48.6 Å². The van der Waals surface area contributed by atoms with Crippen LogP contribution in [0.4, 0.5) is 0 Å². The van der Waals surface area contributed by atoms with Gasteiger partial charge in [-0.1, -0.05) is 36.4 Å². The number of hydrogen-bond donors (Lipinski definition) is 0. The average Bonchev–Trinajstić information content (AvgIpc) is 2.97. The molecule has 2 nitrogen and oxygen atoms in total. The summed E-state index contributed by atoms with van der Waals surface area (Å²) in [6.45, 7) is 2.11. The lowest BCUT2D eigenvalue weighted by molar-refractivity contribution is 0.562. The van der Waals surface area contributed by atoms with Crippen molar-refractivity contribution < 1.29 is 0 Å². The highest BCUT2D eigenvalue weighted by Crippen LogP contribution is 2.55. The molecular weight excluding hydrogens is 208 g/mol. The van der Waals surface area contributed by atoms with E-state index in [-0.39, 0.29) is 5.54 Å². The van der Waals surface area contributed by atoms with Gasteiger partial charge in [0.15, 0.2) is 0 Å². The van der Waals surface area contributed by atoms with Crippen molar-refractivity contribution in [2.75, 3.05) is 0 Å². The fourth-order valence-electron chi connectivity index (χ4n) is 3.14. The number of aromatic nitrogens is 2. The molecule has 0 aliphatic heterocycles. The van der Waals surface area contributed by atoms with E-state index in [0.29, 0.717) is 5.92 Å². The summed E-state index contributed by atoms with van der Waals surface area (Å²) < 4.78 is 2.41. The van der Waals surface area contributed by atoms with Gasteiger partial charge in [-0.15, -0.1) is 0 Å². The summed E-state index contributed by atoms with van der Waals surface area (Å²) >= 11 is 0. The lowest BCUT2D eigenvalue weighted by atomic mass is 10.1. The van der Waals surface area contributed by atoms with Crippen molar-refractivity contribution in [3.63, 3.8) is 0 Å². The predicted molar refractivity (Wildman–Crippen MR) is 68.8 cm³/mol. The summed E-state index contributed by atoms with van der Waals surface area (Å²) in [5.74, 6) is 1.78. The van der Waals surface area contributed by atoms with Gasteiger partial charge in [0.2, 0.25) is 0 Å². The minimum Gasteiger partial charge on any atom is -0.318 e. The molecule has 2 atom stereocenters. The van der Waals surface area contributed by atoms with Gasteiger partial charge in [0.05, 0.1) is 16.6 Å². The Morgan fingerprint density at radius 1 is 1.29 bits per heavy atom. The van der Waals surface area contributed by atoms with E-state index in [1.54, 1.807) is 0 Å². The number of imidazole rings is 1. The molecule has 2 unspecified atom stereocenters. The number of allylic oxidation sites excluding steroid dienone is 4. The lowest BCUT2D eigenvalue weighted by Crippen LogP contribution is -2.19. The molecule has 84 valence electrons. The quantitative estimate of drug-likeness (QED) is 0.724. The fraction of sp³-hybridized carbons (Fsp3) is 0.267. The third-order valence-corrected chi connectivity index (χ3v) is 4.01. The highest BCUT2D eigenvalue weighted by atomic mass is 15.2. The van der Waals surface area contributed by atoms with Gasteiger partial charge in [-0.2, -0.15) is 0 Å². The lowest BCUT2D eigenvalue weighted by Gasteiger charge is -2.19. The number of hydrogen-bond acceptors (Lipinski definition) is 1. The van der Waals surface area contributed by atoms with Crippen LogP contribution < -0.4 is 0 Å². The van der Waals surface area contributed by atoms with E-state index in [2.05, 4.69) is 65.0 Å². The van der Waals surface area contributed by atoms with Crippen molar-refractivity contribution in [2.24, 2.45) is 5.92 Å². The van der Waals surface area contributed by atoms with E-state index < -0.39 is 0 Å². The van der Waals surface area contributed by atoms with Gasteiger partial charge in [0.1, 0.15) is 5.82 Å². The van der Waals surface area contributed by atoms with Gasteiger partial charge in [0, 0.05) is 5.92 Å². The molecule has 1 heterocycles. The molecule has 17 heavy (non-hydrogen) atoms. The molecule has 4 rings (SSSR count). The molecule has 2 aliphatic carbocycles. The van der Waals surface area contributed by atoms with Crippen LogP contribution >= 0.6 is 0 Å². The van der Waals surface area contributed by atoms with Crippen molar-refractivity contribution in [3.05, 3.63) is 54.4 Å². The largest absolute Gasteiger partial charge is 0.318 e. The van der Waals surface area contributed by atoms with Gasteiger partial charge < -0.3 is 4.57 Å². The topological polar surface area (TPSA) is 17.8 Å². The normalized spacial score (nSPS) is 29.6. The summed E-state index contributed by atoms with van der Waals surface area (Å²) in [4.78, 5) is 4.67. The molecule has 2 aliphatic rings. The zero-order valence-electron chi connectivity index (χ0n) is 9.80. The molecule has 1 aromatic heterocycles. The number of nitrogens with zero attached hydrogens (tertiary/aromatic N) is 2. The molecule has 2 heteroatoms. The third-order valence-electron chi connectivity index (χ3n) is 4.01. The highest BCUT2D eigenvalue weighted by Gasteiger charge is 2.54. The van der Waals surface area contributed by atoms with Crippen molar-refractivity contribution in [3.8, 4) is 0 Å². The summed E-state index contributed by atoms with van der Waals surface area (Å²) in [6, 6.07) is 8.41. The van der Waals surface area contributed by atoms with Crippen molar-refractivity contribution in [1.82, 2.24) is 9.55 Å². The van der Waals surface area contributed by atoms with Gasteiger partial charge >= 0.3 is 0 Å². The Bertz CT molecular complexity index is 663. The van der Waals surface area contributed by atoms with E-state index in [0.717, 1.165) is 11.3 Å². The molecule has 1 fully saturated rings. The Morgan fingerprint density at radius 3 is 3.06 bits per heavy atom. The van der Waals surface area contributed by atoms with Gasteiger partial charge in [-0.25, -0.2) is 4.98 Å². The van der Waals surface area contributed by atoms with Crippen LogP contribution in [0.3, 0.4) is 0 Å². The molecule has 0 spiro atoms. The second kappa shape index (κ2) is 2.89. The molecule has 0 bridgehead atoms. The van der Waals surface area contributed by atoms with Gasteiger partial charge in [-0.3, -0.25) is 0 Å². The zero-order chi connectivity index (χ0) is 11.5. The van der Waals surface area contributed by atoms with Crippen LogP contribution in [0.25, 0.3) is 11.0 Å². The molecule has 2 aromatic rings. The third kappa shape index (κ3) is 1.08. The standard InChI is InChI=1S/C15H14N2/c1-11-16-13-7-2-3-8-14(13)17(11)15-9-5-4-6-12(15)10-15/h2-9,12H,10H2,1H3. The van der Waals surface area contributed by atoms with Crippen LogP contribution in [0, 0.1) is 12.8 Å². The number of benzene rings is 1.